The number of aryl methyl sites for hydroxylation is 2. The summed E-state index contributed by atoms with van der Waals surface area (Å²) in [5.74, 6) is 0. The first-order valence-corrected chi connectivity index (χ1v) is 23.0. The summed E-state index contributed by atoms with van der Waals surface area (Å²) in [6.07, 6.45) is 2.20. The molecule has 1 heterocycles. The van der Waals surface area contributed by atoms with Crippen LogP contribution in [0.2, 0.25) is 0 Å². The molecule has 0 aromatic heterocycles. The normalized spacial score (nSPS) is 16.8. The van der Waals surface area contributed by atoms with Crippen LogP contribution in [0.25, 0.3) is 87.6 Å². The monoisotopic (exact) mass is 820 g/mol. The maximum atomic E-state index is 6.65. The number of rotatable bonds is 3. The van der Waals surface area contributed by atoms with E-state index in [0.717, 1.165) is 23.7 Å². The molecule has 10 aromatic rings. The highest BCUT2D eigenvalue weighted by Crippen LogP contribution is 2.65. The van der Waals surface area contributed by atoms with Gasteiger partial charge in [0.15, 0.2) is 0 Å². The second-order valence-corrected chi connectivity index (χ2v) is 19.6. The Morgan fingerprint density at radius 3 is 1.56 bits per heavy atom. The van der Waals surface area contributed by atoms with Gasteiger partial charge in [0.1, 0.15) is 0 Å². The van der Waals surface area contributed by atoms with Crippen LogP contribution >= 0.6 is 0 Å². The largest absolute Gasteiger partial charge is 0.495 e. The van der Waals surface area contributed by atoms with E-state index >= 15 is 0 Å². The lowest BCUT2D eigenvalue weighted by Crippen LogP contribution is -2.41. The predicted octanol–water partition coefficient (Wildman–Crippen LogP) is 14.4. The van der Waals surface area contributed by atoms with Crippen molar-refractivity contribution in [2.45, 2.75) is 57.2 Å². The van der Waals surface area contributed by atoms with Gasteiger partial charge in [-0.15, -0.1) is 0 Å². The summed E-state index contributed by atoms with van der Waals surface area (Å²) in [5, 5.41) is 10.2. The fraction of sp³-hybridized carbons (Fsp3) is 0.148. The van der Waals surface area contributed by atoms with Crippen molar-refractivity contribution in [3.63, 3.8) is 0 Å². The van der Waals surface area contributed by atoms with Gasteiger partial charge in [0, 0.05) is 0 Å². The van der Waals surface area contributed by atoms with Gasteiger partial charge in [0.25, 0.3) is 0 Å². The average Bonchev–Trinajstić information content (AvgIpc) is 4.02. The van der Waals surface area contributed by atoms with E-state index in [1.807, 2.05) is 0 Å². The summed E-state index contributed by atoms with van der Waals surface area (Å²) in [5.41, 5.74) is 18.7. The SMILES string of the molecule is CC1(C)OB(c2ccc(-c3c4ccccc4c(-c4ccc5c(c4)C4(c6ccccc6-c6ccccc64)c4cc6c7c(cccc7c4-5)CC6)c4ccccc34)c3ccccc23)OC1(C)C. The first-order valence-electron chi connectivity index (χ1n) is 23.0. The van der Waals surface area contributed by atoms with Crippen molar-refractivity contribution < 1.29 is 9.31 Å². The molecule has 1 aliphatic heterocycles. The molecule has 10 aromatic carbocycles. The molecule has 64 heavy (non-hydrogen) atoms. The molecule has 0 amide bonds. The Morgan fingerprint density at radius 1 is 0.375 bits per heavy atom. The number of benzene rings is 10. The molecular weight excluding hydrogens is 775 g/mol. The van der Waals surface area contributed by atoms with Crippen molar-refractivity contribution in [3.8, 4) is 44.5 Å². The van der Waals surface area contributed by atoms with Crippen molar-refractivity contribution in [3.05, 3.63) is 209 Å². The van der Waals surface area contributed by atoms with E-state index in [1.54, 1.807) is 0 Å². The van der Waals surface area contributed by atoms with Crippen LogP contribution in [0.4, 0.5) is 0 Å². The van der Waals surface area contributed by atoms with Gasteiger partial charge in [-0.1, -0.05) is 170 Å². The lowest BCUT2D eigenvalue weighted by atomic mass is 9.69. The molecule has 1 fully saturated rings. The molecule has 3 aliphatic carbocycles. The average molecular weight is 821 g/mol. The second kappa shape index (κ2) is 12.7. The summed E-state index contributed by atoms with van der Waals surface area (Å²) < 4.78 is 13.3. The Kier molecular flexibility index (Phi) is 7.28. The Balaban J connectivity index is 1.04. The first-order chi connectivity index (χ1) is 31.2. The maximum Gasteiger partial charge on any atom is 0.495 e. The molecule has 2 nitrogen and oxygen atoms in total. The Bertz CT molecular complexity index is 3590. The van der Waals surface area contributed by atoms with Gasteiger partial charge in [-0.05, 0) is 173 Å². The highest BCUT2D eigenvalue weighted by atomic mass is 16.7. The smallest absolute Gasteiger partial charge is 0.399 e. The zero-order valence-electron chi connectivity index (χ0n) is 36.6. The molecule has 0 unspecified atom stereocenters. The fourth-order valence-electron chi connectivity index (χ4n) is 12.5. The zero-order valence-corrected chi connectivity index (χ0v) is 36.6. The van der Waals surface area contributed by atoms with Crippen LogP contribution in [0.1, 0.15) is 61.1 Å². The highest BCUT2D eigenvalue weighted by Gasteiger charge is 2.54. The van der Waals surface area contributed by atoms with E-state index in [9.17, 15) is 0 Å². The van der Waals surface area contributed by atoms with Crippen molar-refractivity contribution in [2.24, 2.45) is 0 Å². The summed E-state index contributed by atoms with van der Waals surface area (Å²) in [6, 6.07) is 67.0. The number of hydrogen-bond donors (Lipinski definition) is 0. The molecule has 3 heteroatoms. The summed E-state index contributed by atoms with van der Waals surface area (Å²) in [6.45, 7) is 8.50. The summed E-state index contributed by atoms with van der Waals surface area (Å²) in [7, 11) is -0.456. The molecule has 0 bridgehead atoms. The summed E-state index contributed by atoms with van der Waals surface area (Å²) in [4.78, 5) is 0. The standard InChI is InChI=1S/C61H45BO2/c1-59(2)60(3,4)64-62(63-59)54-33-32-47(39-17-5-6-20-42(39)54)57-45-23-9-7-21-43(45)56(44-22-8-10-24-46(44)57)38-30-31-48-52(34-38)61(50-26-13-11-18-40(50)41-19-12-14-27-51(41)61)53-35-37-29-28-36-16-15-25-49(55(36)37)58(48)53/h5-27,30-35H,28-29H2,1-4H3. The van der Waals surface area contributed by atoms with Crippen molar-refractivity contribution in [1.82, 2.24) is 0 Å². The van der Waals surface area contributed by atoms with E-state index in [-0.39, 0.29) is 0 Å². The second-order valence-electron chi connectivity index (χ2n) is 19.6. The van der Waals surface area contributed by atoms with Gasteiger partial charge in [0.2, 0.25) is 0 Å². The van der Waals surface area contributed by atoms with Crippen LogP contribution in [-0.2, 0) is 27.6 Å². The van der Waals surface area contributed by atoms with Crippen molar-refractivity contribution in [1.29, 1.82) is 0 Å². The lowest BCUT2D eigenvalue weighted by Gasteiger charge is -2.32. The molecule has 0 radical (unpaired) electrons. The van der Waals surface area contributed by atoms with Gasteiger partial charge in [-0.25, -0.2) is 0 Å². The van der Waals surface area contributed by atoms with E-state index in [1.165, 1.54) is 116 Å². The summed E-state index contributed by atoms with van der Waals surface area (Å²) >= 11 is 0. The van der Waals surface area contributed by atoms with Gasteiger partial charge < -0.3 is 9.31 Å². The van der Waals surface area contributed by atoms with Crippen LogP contribution in [0.3, 0.4) is 0 Å². The zero-order chi connectivity index (χ0) is 42.7. The third-order valence-corrected chi connectivity index (χ3v) is 16.0. The molecular formula is C61H45BO2. The van der Waals surface area contributed by atoms with E-state index in [4.69, 9.17) is 9.31 Å². The maximum absolute atomic E-state index is 6.65. The minimum absolute atomic E-state index is 0.432. The minimum atomic E-state index is -0.456. The molecule has 1 saturated heterocycles. The van der Waals surface area contributed by atoms with Crippen molar-refractivity contribution >= 4 is 55.7 Å². The van der Waals surface area contributed by atoms with Gasteiger partial charge >= 0.3 is 7.12 Å². The van der Waals surface area contributed by atoms with Gasteiger partial charge in [-0.3, -0.25) is 0 Å². The van der Waals surface area contributed by atoms with Crippen LogP contribution in [0.15, 0.2) is 176 Å². The first kappa shape index (κ1) is 36.7. The number of hydrogen-bond acceptors (Lipinski definition) is 2. The Morgan fingerprint density at radius 2 is 0.906 bits per heavy atom. The predicted molar refractivity (Wildman–Crippen MR) is 267 cm³/mol. The third-order valence-electron chi connectivity index (χ3n) is 16.0. The molecule has 0 atom stereocenters. The van der Waals surface area contributed by atoms with Gasteiger partial charge in [0.05, 0.1) is 16.6 Å². The fourth-order valence-corrected chi connectivity index (χ4v) is 12.5. The van der Waals surface area contributed by atoms with Crippen LogP contribution < -0.4 is 5.46 Å². The topological polar surface area (TPSA) is 18.5 Å². The van der Waals surface area contributed by atoms with Crippen molar-refractivity contribution in [2.75, 3.05) is 0 Å². The van der Waals surface area contributed by atoms with E-state index in [2.05, 4.69) is 204 Å². The lowest BCUT2D eigenvalue weighted by molar-refractivity contribution is 0.00578. The molecule has 304 valence electrons. The quantitative estimate of drug-likeness (QED) is 0.131. The molecule has 0 saturated carbocycles. The van der Waals surface area contributed by atoms with Crippen LogP contribution in [0, 0.1) is 0 Å². The van der Waals surface area contributed by atoms with E-state index in [0.29, 0.717) is 0 Å². The highest BCUT2D eigenvalue weighted by molar-refractivity contribution is 6.65. The minimum Gasteiger partial charge on any atom is -0.399 e. The Labute approximate surface area is 374 Å². The number of fused-ring (bicyclic) bond motifs is 14. The third kappa shape index (κ3) is 4.58. The molecule has 1 spiro atoms. The Hall–Kier alpha value is -6.78. The van der Waals surface area contributed by atoms with Crippen LogP contribution in [-0.4, -0.2) is 18.3 Å². The van der Waals surface area contributed by atoms with Crippen LogP contribution in [0.5, 0.6) is 0 Å². The van der Waals surface area contributed by atoms with E-state index < -0.39 is 23.7 Å². The van der Waals surface area contributed by atoms with Gasteiger partial charge in [-0.2, -0.15) is 0 Å². The molecule has 14 rings (SSSR count). The molecule has 0 N–H and O–H groups in total. The molecule has 4 aliphatic rings.